The van der Waals surface area contributed by atoms with Crippen LogP contribution in [-0.2, 0) is 11.0 Å². The van der Waals surface area contributed by atoms with Crippen LogP contribution in [0.3, 0.4) is 0 Å². The van der Waals surface area contributed by atoms with Crippen molar-refractivity contribution < 1.29 is 27.1 Å². The van der Waals surface area contributed by atoms with Crippen molar-refractivity contribution >= 4 is 22.4 Å². The van der Waals surface area contributed by atoms with Gasteiger partial charge in [0, 0.05) is 5.92 Å². The van der Waals surface area contributed by atoms with E-state index >= 15 is 0 Å². The fourth-order valence-corrected chi connectivity index (χ4v) is 6.63. The quantitative estimate of drug-likeness (QED) is 0.737. The summed E-state index contributed by atoms with van der Waals surface area (Å²) in [5, 5.41) is 8.17. The topological polar surface area (TPSA) is 84.6 Å². The fourth-order valence-electron chi connectivity index (χ4n) is 4.19. The lowest BCUT2D eigenvalue weighted by Crippen LogP contribution is -2.31. The van der Waals surface area contributed by atoms with Gasteiger partial charge < -0.3 is 0 Å². The Morgan fingerprint density at radius 1 is 1.24 bits per heavy atom. The van der Waals surface area contributed by atoms with Crippen molar-refractivity contribution in [3.05, 3.63) is 41.5 Å². The number of carbonyl (C=O) groups excluding carboxylic acids is 1. The molecule has 0 unspecified atom stereocenters. The summed E-state index contributed by atoms with van der Waals surface area (Å²) in [5.74, 6) is -1.46. The molecule has 1 heterocycles. The van der Waals surface area contributed by atoms with Crippen molar-refractivity contribution in [2.75, 3.05) is 4.31 Å². The summed E-state index contributed by atoms with van der Waals surface area (Å²) in [4.78, 5) is 12.8. The number of carbonyl (C=O) groups is 1. The molecule has 132 valence electrons. The Bertz CT molecular complexity index is 846. The van der Waals surface area contributed by atoms with E-state index in [4.69, 9.17) is 5.26 Å². The molecular formula is C16H13F3N2O3S. The lowest BCUT2D eigenvalue weighted by Gasteiger charge is -2.42. The Balaban J connectivity index is 1.81. The number of hydrogen-bond donors (Lipinski definition) is 2. The average molecular weight is 370 g/mol. The number of benzene rings is 1. The number of fused-ring (bicyclic) bond motifs is 5. The molecule has 0 aromatic heterocycles. The SMILES string of the molecule is N#Cc1ccc(N2C(=O)[C@H]3[C@H]([C@@H]4C=C[C@H]3C4)S2(O)O)cc1C(F)(F)F. The molecule has 0 spiro atoms. The Labute approximate surface area is 142 Å². The summed E-state index contributed by atoms with van der Waals surface area (Å²) >= 11 is 0. The first-order valence-corrected chi connectivity index (χ1v) is 9.14. The summed E-state index contributed by atoms with van der Waals surface area (Å²) in [6, 6.07) is 4.20. The first kappa shape index (κ1) is 16.4. The van der Waals surface area contributed by atoms with Gasteiger partial charge in [0.15, 0.2) is 0 Å². The molecule has 1 aromatic carbocycles. The predicted molar refractivity (Wildman–Crippen MR) is 84.5 cm³/mol. The summed E-state index contributed by atoms with van der Waals surface area (Å²) in [6.07, 6.45) is -0.422. The van der Waals surface area contributed by atoms with Crippen molar-refractivity contribution in [2.45, 2.75) is 17.8 Å². The van der Waals surface area contributed by atoms with Gasteiger partial charge in [0.2, 0.25) is 0 Å². The van der Waals surface area contributed by atoms with Gasteiger partial charge in [-0.1, -0.05) is 12.2 Å². The summed E-state index contributed by atoms with van der Waals surface area (Å²) in [5.41, 5.74) is -2.03. The van der Waals surface area contributed by atoms with E-state index in [1.54, 1.807) is 0 Å². The van der Waals surface area contributed by atoms with E-state index in [-0.39, 0.29) is 17.5 Å². The van der Waals surface area contributed by atoms with E-state index in [2.05, 4.69) is 0 Å². The molecule has 2 fully saturated rings. The van der Waals surface area contributed by atoms with Gasteiger partial charge in [0.25, 0.3) is 5.91 Å². The number of halogens is 3. The van der Waals surface area contributed by atoms with Crippen LogP contribution in [0.5, 0.6) is 0 Å². The largest absolute Gasteiger partial charge is 0.417 e. The van der Waals surface area contributed by atoms with E-state index in [1.807, 2.05) is 12.2 Å². The van der Waals surface area contributed by atoms with Crippen molar-refractivity contribution in [3.8, 4) is 6.07 Å². The fraction of sp³-hybridized carbons (Fsp3) is 0.375. The number of amides is 1. The molecule has 5 nitrogen and oxygen atoms in total. The van der Waals surface area contributed by atoms with Crippen LogP contribution in [0.2, 0.25) is 0 Å². The molecule has 4 atom stereocenters. The van der Waals surface area contributed by atoms with Gasteiger partial charge in [0.05, 0.1) is 34.1 Å². The van der Waals surface area contributed by atoms with Crippen molar-refractivity contribution in [1.29, 1.82) is 5.26 Å². The molecule has 2 bridgehead atoms. The molecule has 2 aliphatic carbocycles. The molecule has 2 N–H and O–H groups in total. The highest BCUT2D eigenvalue weighted by molar-refractivity contribution is 8.27. The molecule has 1 saturated heterocycles. The molecule has 1 aromatic rings. The first-order chi connectivity index (χ1) is 11.7. The van der Waals surface area contributed by atoms with Crippen LogP contribution in [0.1, 0.15) is 17.5 Å². The molecular weight excluding hydrogens is 357 g/mol. The lowest BCUT2D eigenvalue weighted by atomic mass is 9.92. The standard InChI is InChI=1S/C16H13F3N2O3S/c17-16(18,19)12-6-11(4-3-10(12)7-20)21-15(22)13-8-1-2-9(5-8)14(13)25(21,23)24/h1-4,6,8-9,13-14,23-24H,5H2/t8-,9+,13+,14-/m0/s1. The van der Waals surface area contributed by atoms with E-state index < -0.39 is 45.2 Å². The highest BCUT2D eigenvalue weighted by atomic mass is 32.3. The second-order valence-corrected chi connectivity index (χ2v) is 8.50. The number of nitrogens with zero attached hydrogens (tertiary/aromatic N) is 2. The monoisotopic (exact) mass is 370 g/mol. The van der Waals surface area contributed by atoms with E-state index in [1.165, 1.54) is 6.07 Å². The van der Waals surface area contributed by atoms with Gasteiger partial charge in [0.1, 0.15) is 0 Å². The molecule has 9 heteroatoms. The molecule has 25 heavy (non-hydrogen) atoms. The summed E-state index contributed by atoms with van der Waals surface area (Å²) in [7, 11) is -3.60. The van der Waals surface area contributed by atoms with Gasteiger partial charge >= 0.3 is 6.18 Å². The van der Waals surface area contributed by atoms with E-state index in [0.29, 0.717) is 16.8 Å². The second kappa shape index (κ2) is 5.00. The van der Waals surface area contributed by atoms with Gasteiger partial charge in [-0.05, 0) is 30.5 Å². The van der Waals surface area contributed by atoms with Crippen LogP contribution in [0.4, 0.5) is 18.9 Å². The second-order valence-electron chi connectivity index (χ2n) is 6.47. The zero-order valence-corrected chi connectivity index (χ0v) is 13.5. The maximum Gasteiger partial charge on any atom is 0.417 e. The van der Waals surface area contributed by atoms with Crippen molar-refractivity contribution in [3.63, 3.8) is 0 Å². The van der Waals surface area contributed by atoms with Crippen LogP contribution in [-0.4, -0.2) is 20.3 Å². The Morgan fingerprint density at radius 3 is 2.52 bits per heavy atom. The number of nitriles is 1. The van der Waals surface area contributed by atoms with Crippen LogP contribution in [0.15, 0.2) is 30.4 Å². The lowest BCUT2D eigenvalue weighted by molar-refractivity contribution is -0.137. The van der Waals surface area contributed by atoms with Crippen LogP contribution < -0.4 is 4.31 Å². The van der Waals surface area contributed by atoms with Gasteiger partial charge in [-0.3, -0.25) is 13.9 Å². The number of anilines is 1. The number of rotatable bonds is 1. The molecule has 4 rings (SSSR count). The molecule has 1 aliphatic heterocycles. The Kier molecular flexibility index (Phi) is 3.29. The van der Waals surface area contributed by atoms with E-state index in [0.717, 1.165) is 12.1 Å². The van der Waals surface area contributed by atoms with Crippen molar-refractivity contribution in [1.82, 2.24) is 0 Å². The van der Waals surface area contributed by atoms with Gasteiger partial charge in [-0.15, -0.1) is 10.8 Å². The maximum absolute atomic E-state index is 13.2. The Morgan fingerprint density at radius 2 is 1.92 bits per heavy atom. The number of allylic oxidation sites excluding steroid dienone is 2. The summed E-state index contributed by atoms with van der Waals surface area (Å²) < 4.78 is 61.5. The third-order valence-corrected chi connectivity index (χ3v) is 7.47. The third kappa shape index (κ3) is 2.14. The van der Waals surface area contributed by atoms with E-state index in [9.17, 15) is 27.1 Å². The normalized spacial score (nSPS) is 33.4. The minimum absolute atomic E-state index is 0.112. The molecule has 0 radical (unpaired) electrons. The smallest absolute Gasteiger partial charge is 0.281 e. The summed E-state index contributed by atoms with van der Waals surface area (Å²) in [6.45, 7) is 0. The number of alkyl halides is 3. The maximum atomic E-state index is 13.2. The molecule has 1 amide bonds. The minimum Gasteiger partial charge on any atom is -0.281 e. The Hall–Kier alpha value is -2.02. The average Bonchev–Trinajstić information content (AvgIpc) is 3.19. The minimum atomic E-state index is -4.79. The zero-order chi connectivity index (χ0) is 18.1. The number of hydrogen-bond acceptors (Lipinski definition) is 4. The van der Waals surface area contributed by atoms with Crippen LogP contribution in [0, 0.1) is 29.1 Å². The van der Waals surface area contributed by atoms with Gasteiger partial charge in [-0.25, -0.2) is 4.31 Å². The van der Waals surface area contributed by atoms with Gasteiger partial charge in [-0.2, -0.15) is 18.4 Å². The third-order valence-electron chi connectivity index (χ3n) is 5.17. The highest BCUT2D eigenvalue weighted by Crippen LogP contribution is 2.68. The molecule has 1 saturated carbocycles. The molecule has 3 aliphatic rings. The first-order valence-electron chi connectivity index (χ1n) is 7.57. The van der Waals surface area contributed by atoms with Crippen LogP contribution >= 0.6 is 10.8 Å². The predicted octanol–water partition coefficient (Wildman–Crippen LogP) is 3.78. The zero-order valence-electron chi connectivity index (χ0n) is 12.6. The highest BCUT2D eigenvalue weighted by Gasteiger charge is 2.63. The van der Waals surface area contributed by atoms with Crippen LogP contribution in [0.25, 0.3) is 0 Å². The van der Waals surface area contributed by atoms with Crippen molar-refractivity contribution in [2.24, 2.45) is 17.8 Å².